The molecule has 9 atom stereocenters. The summed E-state index contributed by atoms with van der Waals surface area (Å²) in [4.78, 5) is 20.8. The number of nitrogens with zero attached hydrogens (tertiary/aromatic N) is 1. The predicted molar refractivity (Wildman–Crippen MR) is 172 cm³/mol. The maximum Gasteiger partial charge on any atom is 0.373 e. The van der Waals surface area contributed by atoms with Crippen molar-refractivity contribution in [1.29, 1.82) is 0 Å². The van der Waals surface area contributed by atoms with E-state index in [2.05, 4.69) is 96.3 Å². The van der Waals surface area contributed by atoms with Crippen molar-refractivity contribution in [1.82, 2.24) is 0 Å². The molecule has 4 fully saturated rings. The lowest BCUT2D eigenvalue weighted by molar-refractivity contribution is -0.220. The Bertz CT molecular complexity index is 1350. The summed E-state index contributed by atoms with van der Waals surface area (Å²) in [6, 6.07) is 13.1. The van der Waals surface area contributed by atoms with E-state index >= 15 is 0 Å². The molecule has 0 spiro atoms. The maximum atomic E-state index is 8.12. The third-order valence-corrected chi connectivity index (χ3v) is 14.3. The molecule has 0 unspecified atom stereocenters. The summed E-state index contributed by atoms with van der Waals surface area (Å²) in [6.45, 7) is 22.4. The highest BCUT2D eigenvalue weighted by atomic mass is 16.2. The SMILES string of the molecule is C=C(C)[C@@H]1CC[C@]2(C#[N+]C)CC[C@]3(C)[C@H](CC[C@@H]4[C@@]5(C)CC=C(c6ccc(C)cc6)C(C)(C)[C@@H]5CC[C@]43C)[C@@H]12.O=C=O. The zero-order chi connectivity index (χ0) is 30.7. The summed E-state index contributed by atoms with van der Waals surface area (Å²) in [5.41, 5.74) is 7.34. The minimum atomic E-state index is 0.186. The fourth-order valence-electron chi connectivity index (χ4n) is 12.4. The Balaban J connectivity index is 0.00000113. The van der Waals surface area contributed by atoms with Gasteiger partial charge in [0.1, 0.15) is 5.41 Å². The van der Waals surface area contributed by atoms with E-state index in [0.717, 1.165) is 17.8 Å². The third kappa shape index (κ3) is 4.26. The monoisotopic (exact) mass is 568 g/mol. The Morgan fingerprint density at radius 1 is 0.881 bits per heavy atom. The van der Waals surface area contributed by atoms with E-state index in [9.17, 15) is 0 Å². The van der Waals surface area contributed by atoms with E-state index in [-0.39, 0.29) is 17.0 Å². The Hall–Kier alpha value is -2.43. The van der Waals surface area contributed by atoms with Crippen LogP contribution < -0.4 is 0 Å². The number of carbonyl (C=O) groups excluding carboxylic acids is 2. The van der Waals surface area contributed by atoms with Crippen molar-refractivity contribution in [2.75, 3.05) is 7.05 Å². The van der Waals surface area contributed by atoms with Gasteiger partial charge in [-0.25, -0.2) is 0 Å². The lowest BCUT2D eigenvalue weighted by Crippen LogP contribution is -2.65. The van der Waals surface area contributed by atoms with Gasteiger partial charge in [-0.15, -0.1) is 0 Å². The molecular formula is C39H54NO2+. The minimum absolute atomic E-state index is 0.186. The number of benzene rings is 1. The summed E-state index contributed by atoms with van der Waals surface area (Å²) >= 11 is 0. The summed E-state index contributed by atoms with van der Waals surface area (Å²) in [5, 5.41) is 0. The highest BCUT2D eigenvalue weighted by Gasteiger charge is 2.71. The number of allylic oxidation sites excluding steroid dienone is 3. The molecule has 0 N–H and O–H groups in total. The van der Waals surface area contributed by atoms with E-state index in [1.165, 1.54) is 74.5 Å². The van der Waals surface area contributed by atoms with Gasteiger partial charge in [-0.1, -0.05) is 87.5 Å². The van der Waals surface area contributed by atoms with Crippen LogP contribution in [-0.4, -0.2) is 13.2 Å². The van der Waals surface area contributed by atoms with Crippen LogP contribution >= 0.6 is 0 Å². The molecule has 0 heterocycles. The molecule has 3 heteroatoms. The van der Waals surface area contributed by atoms with Crippen LogP contribution in [0.15, 0.2) is 42.5 Å². The quantitative estimate of drug-likeness (QED) is 0.333. The summed E-state index contributed by atoms with van der Waals surface area (Å²) in [6.07, 6.45) is 14.9. The molecule has 0 amide bonds. The van der Waals surface area contributed by atoms with Gasteiger partial charge < -0.3 is 0 Å². The largest absolute Gasteiger partial charge is 0.373 e. The van der Waals surface area contributed by atoms with Crippen LogP contribution in [0.2, 0.25) is 0 Å². The van der Waals surface area contributed by atoms with Crippen LogP contribution in [0.25, 0.3) is 10.4 Å². The van der Waals surface area contributed by atoms with E-state index < -0.39 is 0 Å². The second-order valence-corrected chi connectivity index (χ2v) is 16.2. The Labute approximate surface area is 255 Å². The first-order chi connectivity index (χ1) is 19.8. The molecule has 0 aromatic heterocycles. The van der Waals surface area contributed by atoms with E-state index in [1.807, 2.05) is 7.05 Å². The van der Waals surface area contributed by atoms with Gasteiger partial charge in [-0.2, -0.15) is 9.59 Å². The van der Waals surface area contributed by atoms with Gasteiger partial charge in [0, 0.05) is 0 Å². The van der Waals surface area contributed by atoms with Crippen molar-refractivity contribution in [2.45, 2.75) is 106 Å². The van der Waals surface area contributed by atoms with Crippen molar-refractivity contribution in [3.05, 3.63) is 58.5 Å². The molecule has 1 aromatic carbocycles. The molecule has 3 nitrogen and oxygen atoms in total. The Morgan fingerprint density at radius 2 is 1.55 bits per heavy atom. The number of rotatable bonds is 2. The van der Waals surface area contributed by atoms with Gasteiger partial charge in [-0.3, -0.25) is 0 Å². The van der Waals surface area contributed by atoms with Gasteiger partial charge in [0.15, 0.2) is 0 Å². The van der Waals surface area contributed by atoms with Crippen molar-refractivity contribution >= 4 is 11.7 Å². The van der Waals surface area contributed by atoms with Crippen molar-refractivity contribution in [3.8, 4) is 6.07 Å². The first-order valence-corrected chi connectivity index (χ1v) is 16.5. The molecule has 0 radical (unpaired) electrons. The normalized spacial score (nSPS) is 42.9. The Morgan fingerprint density at radius 3 is 2.17 bits per heavy atom. The Kier molecular flexibility index (Phi) is 7.85. The van der Waals surface area contributed by atoms with Crippen LogP contribution in [0, 0.1) is 69.7 Å². The zero-order valence-corrected chi connectivity index (χ0v) is 27.6. The van der Waals surface area contributed by atoms with Crippen molar-refractivity contribution in [2.24, 2.45) is 56.7 Å². The summed E-state index contributed by atoms with van der Waals surface area (Å²) in [5.74, 6) is 3.62. The maximum absolute atomic E-state index is 8.12. The minimum Gasteiger partial charge on any atom is -0.186 e. The second-order valence-electron chi connectivity index (χ2n) is 16.2. The average molecular weight is 569 g/mol. The van der Waals surface area contributed by atoms with Crippen LogP contribution in [0.4, 0.5) is 0 Å². The molecule has 5 aliphatic carbocycles. The van der Waals surface area contributed by atoms with Gasteiger partial charge in [0.2, 0.25) is 0 Å². The lowest BCUT2D eigenvalue weighted by atomic mass is 9.32. The number of aryl methyl sites for hydroxylation is 1. The smallest absolute Gasteiger partial charge is 0.186 e. The molecule has 6 rings (SSSR count). The number of hydrogen-bond donors (Lipinski definition) is 0. The fraction of sp³-hybridized carbons (Fsp3) is 0.692. The van der Waals surface area contributed by atoms with Crippen LogP contribution in [0.1, 0.15) is 110 Å². The summed E-state index contributed by atoms with van der Waals surface area (Å²) < 4.78 is 0. The lowest BCUT2D eigenvalue weighted by Gasteiger charge is -2.72. The second kappa shape index (κ2) is 10.6. The van der Waals surface area contributed by atoms with Crippen LogP contribution in [0.3, 0.4) is 0 Å². The molecule has 0 saturated heterocycles. The van der Waals surface area contributed by atoms with Crippen molar-refractivity contribution < 1.29 is 9.59 Å². The molecule has 226 valence electrons. The first-order valence-electron chi connectivity index (χ1n) is 16.5. The topological polar surface area (TPSA) is 38.5 Å². The summed E-state index contributed by atoms with van der Waals surface area (Å²) in [7, 11) is 1.96. The highest BCUT2D eigenvalue weighted by molar-refractivity contribution is 5.71. The van der Waals surface area contributed by atoms with Gasteiger partial charge >= 0.3 is 6.15 Å². The molecule has 42 heavy (non-hydrogen) atoms. The molecule has 4 saturated carbocycles. The van der Waals surface area contributed by atoms with E-state index in [0.29, 0.717) is 28.1 Å². The number of hydrogen-bond acceptors (Lipinski definition) is 2. The van der Waals surface area contributed by atoms with E-state index in [4.69, 9.17) is 9.59 Å². The zero-order valence-electron chi connectivity index (χ0n) is 27.6. The van der Waals surface area contributed by atoms with Crippen LogP contribution in [0.5, 0.6) is 0 Å². The first kappa shape index (κ1) is 31.0. The van der Waals surface area contributed by atoms with Gasteiger partial charge in [0.25, 0.3) is 13.1 Å². The molecule has 1 aromatic rings. The molecular weight excluding hydrogens is 514 g/mol. The standard InChI is InChI=1S/C38H54N.CO2/c1-25(2)28-16-21-38(24-39-9)23-22-36(7)30(33(28)38)14-15-32-35(6)19-17-29(27-12-10-26(3)11-13-27)34(4,5)31(35)18-20-37(32,36)8;2-1-3/h10-13,17,28,30-33H,1,14-16,18-23H2,2-9H3;/q+1;/t28-,30+,31-,32+,33+,35-,36+,37+,38+;/m0./s1. The van der Waals surface area contributed by atoms with Gasteiger partial charge in [-0.05, 0) is 134 Å². The third-order valence-electron chi connectivity index (χ3n) is 14.3. The van der Waals surface area contributed by atoms with E-state index in [1.54, 1.807) is 5.57 Å². The fourth-order valence-corrected chi connectivity index (χ4v) is 12.4. The van der Waals surface area contributed by atoms with Gasteiger partial charge in [0.05, 0.1) is 0 Å². The highest BCUT2D eigenvalue weighted by Crippen LogP contribution is 2.77. The predicted octanol–water partition coefficient (Wildman–Crippen LogP) is 10.0. The van der Waals surface area contributed by atoms with Crippen LogP contribution in [-0.2, 0) is 9.59 Å². The average Bonchev–Trinajstić information content (AvgIpc) is 3.30. The molecule has 0 aliphatic heterocycles. The number of fused-ring (bicyclic) bond motifs is 7. The van der Waals surface area contributed by atoms with Crippen molar-refractivity contribution in [3.63, 3.8) is 0 Å². The molecule has 5 aliphatic rings. The molecule has 0 bridgehead atoms.